The quantitative estimate of drug-likeness (QED) is 0.881. The summed E-state index contributed by atoms with van der Waals surface area (Å²) in [6.07, 6.45) is 1.92. The normalized spacial score (nSPS) is 10.6. The molecule has 0 atom stereocenters. The molecule has 1 N–H and O–H groups in total. The molecule has 0 saturated carbocycles. The van der Waals surface area contributed by atoms with E-state index in [1.807, 2.05) is 29.0 Å². The highest BCUT2D eigenvalue weighted by Crippen LogP contribution is 2.33. The predicted molar refractivity (Wildman–Crippen MR) is 67.3 cm³/mol. The van der Waals surface area contributed by atoms with Crippen LogP contribution in [0.25, 0.3) is 10.9 Å². The highest BCUT2D eigenvalue weighted by atomic mass is 16.5. The number of carbonyl (C=O) groups is 1. The topological polar surface area (TPSA) is 60.7 Å². The molecule has 5 nitrogen and oxygen atoms in total. The zero-order chi connectivity index (χ0) is 13.1. The number of benzene rings is 1. The molecular weight excluding hydrogens is 234 g/mol. The number of ether oxygens (including phenoxy) is 2. The van der Waals surface area contributed by atoms with Crippen molar-refractivity contribution >= 4 is 16.9 Å². The van der Waals surface area contributed by atoms with Crippen molar-refractivity contribution in [2.24, 2.45) is 0 Å². The molecule has 0 unspecified atom stereocenters. The van der Waals surface area contributed by atoms with Gasteiger partial charge in [-0.15, -0.1) is 0 Å². The van der Waals surface area contributed by atoms with Crippen molar-refractivity contribution in [1.82, 2.24) is 4.57 Å². The summed E-state index contributed by atoms with van der Waals surface area (Å²) in [7, 11) is 3.20. The predicted octanol–water partition coefficient (Wildman–Crippen LogP) is 2.13. The highest BCUT2D eigenvalue weighted by molar-refractivity contribution is 5.91. The van der Waals surface area contributed by atoms with Gasteiger partial charge in [-0.05, 0) is 18.2 Å². The molecule has 0 radical (unpaired) electrons. The largest absolute Gasteiger partial charge is 0.496 e. The molecule has 0 amide bonds. The van der Waals surface area contributed by atoms with E-state index in [1.165, 1.54) is 0 Å². The van der Waals surface area contributed by atoms with Gasteiger partial charge < -0.3 is 19.1 Å². The van der Waals surface area contributed by atoms with Crippen LogP contribution in [0.2, 0.25) is 0 Å². The van der Waals surface area contributed by atoms with Gasteiger partial charge in [0.25, 0.3) is 0 Å². The number of aromatic nitrogens is 1. The van der Waals surface area contributed by atoms with Crippen LogP contribution in [0, 0.1) is 0 Å². The Kier molecular flexibility index (Phi) is 3.41. The number of aryl methyl sites for hydroxylation is 1. The Morgan fingerprint density at radius 3 is 2.50 bits per heavy atom. The van der Waals surface area contributed by atoms with Crippen LogP contribution in [0.5, 0.6) is 11.5 Å². The summed E-state index contributed by atoms with van der Waals surface area (Å²) in [6, 6.07) is 5.56. The molecule has 0 saturated heterocycles. The molecule has 1 heterocycles. The van der Waals surface area contributed by atoms with Crippen LogP contribution in [-0.2, 0) is 11.3 Å². The number of carboxylic acids is 1. The van der Waals surface area contributed by atoms with Gasteiger partial charge in [-0.2, -0.15) is 0 Å². The summed E-state index contributed by atoms with van der Waals surface area (Å²) in [4.78, 5) is 10.6. The van der Waals surface area contributed by atoms with Crippen LogP contribution in [0.1, 0.15) is 6.42 Å². The van der Waals surface area contributed by atoms with Crippen LogP contribution in [0.4, 0.5) is 0 Å². The average molecular weight is 249 g/mol. The second-order valence-electron chi connectivity index (χ2n) is 3.89. The third-order valence-corrected chi connectivity index (χ3v) is 2.85. The maximum Gasteiger partial charge on any atom is 0.305 e. The lowest BCUT2D eigenvalue weighted by molar-refractivity contribution is -0.137. The number of hydrogen-bond acceptors (Lipinski definition) is 3. The van der Waals surface area contributed by atoms with E-state index in [2.05, 4.69) is 0 Å². The van der Waals surface area contributed by atoms with Gasteiger partial charge in [0.05, 0.1) is 26.2 Å². The Labute approximate surface area is 105 Å². The summed E-state index contributed by atoms with van der Waals surface area (Å²) in [5.41, 5.74) is 0.859. The van der Waals surface area contributed by atoms with Gasteiger partial charge in [0.1, 0.15) is 11.5 Å². The van der Waals surface area contributed by atoms with E-state index in [0.29, 0.717) is 12.3 Å². The van der Waals surface area contributed by atoms with E-state index >= 15 is 0 Å². The Hall–Kier alpha value is -2.17. The summed E-state index contributed by atoms with van der Waals surface area (Å²) in [5.74, 6) is 0.639. The minimum atomic E-state index is -0.821. The van der Waals surface area contributed by atoms with Gasteiger partial charge in [-0.1, -0.05) is 0 Å². The van der Waals surface area contributed by atoms with Gasteiger partial charge in [0.15, 0.2) is 0 Å². The second kappa shape index (κ2) is 5.00. The molecule has 0 aliphatic carbocycles. The number of nitrogens with zero attached hydrogens (tertiary/aromatic N) is 1. The van der Waals surface area contributed by atoms with Crippen LogP contribution in [0.3, 0.4) is 0 Å². The van der Waals surface area contributed by atoms with Crippen molar-refractivity contribution in [3.05, 3.63) is 24.4 Å². The molecule has 5 heteroatoms. The van der Waals surface area contributed by atoms with Crippen molar-refractivity contribution in [3.63, 3.8) is 0 Å². The first kappa shape index (κ1) is 12.3. The Morgan fingerprint density at radius 2 is 1.89 bits per heavy atom. The van der Waals surface area contributed by atoms with Gasteiger partial charge in [-0.25, -0.2) is 0 Å². The lowest BCUT2D eigenvalue weighted by atomic mass is 10.2. The summed E-state index contributed by atoms with van der Waals surface area (Å²) < 4.78 is 12.5. The molecule has 18 heavy (non-hydrogen) atoms. The summed E-state index contributed by atoms with van der Waals surface area (Å²) >= 11 is 0. The van der Waals surface area contributed by atoms with E-state index in [-0.39, 0.29) is 6.42 Å². The fourth-order valence-electron chi connectivity index (χ4n) is 2.01. The van der Waals surface area contributed by atoms with Crippen LogP contribution in [0.15, 0.2) is 24.4 Å². The van der Waals surface area contributed by atoms with E-state index in [1.54, 1.807) is 14.2 Å². The summed E-state index contributed by atoms with van der Waals surface area (Å²) in [6.45, 7) is 0.405. The standard InChI is InChI=1S/C13H15NO4/c1-17-10-3-4-11(18-2)13-9(10)5-7-14(13)8-6-12(15)16/h3-5,7H,6,8H2,1-2H3,(H,15,16). The zero-order valence-electron chi connectivity index (χ0n) is 10.3. The molecule has 2 rings (SSSR count). The minimum Gasteiger partial charge on any atom is -0.496 e. The average Bonchev–Trinajstić information content (AvgIpc) is 2.79. The Balaban J connectivity index is 2.51. The van der Waals surface area contributed by atoms with Crippen LogP contribution >= 0.6 is 0 Å². The van der Waals surface area contributed by atoms with Crippen molar-refractivity contribution in [2.45, 2.75) is 13.0 Å². The van der Waals surface area contributed by atoms with Gasteiger partial charge in [0, 0.05) is 18.1 Å². The minimum absolute atomic E-state index is 0.0736. The fourth-order valence-corrected chi connectivity index (χ4v) is 2.01. The zero-order valence-corrected chi connectivity index (χ0v) is 10.3. The molecule has 1 aromatic carbocycles. The first-order valence-electron chi connectivity index (χ1n) is 5.59. The first-order chi connectivity index (χ1) is 8.67. The molecule has 0 bridgehead atoms. The van der Waals surface area contributed by atoms with Gasteiger partial charge in [0.2, 0.25) is 0 Å². The number of hydrogen-bond donors (Lipinski definition) is 1. The molecule has 1 aromatic heterocycles. The van der Waals surface area contributed by atoms with E-state index in [0.717, 1.165) is 16.7 Å². The molecule has 2 aromatic rings. The lowest BCUT2D eigenvalue weighted by Gasteiger charge is -2.10. The van der Waals surface area contributed by atoms with E-state index in [4.69, 9.17) is 14.6 Å². The number of rotatable bonds is 5. The Bertz CT molecular complexity index is 574. The maximum atomic E-state index is 10.6. The molecular formula is C13H15NO4. The molecule has 0 aliphatic heterocycles. The lowest BCUT2D eigenvalue weighted by Crippen LogP contribution is -2.04. The van der Waals surface area contributed by atoms with Crippen molar-refractivity contribution in [2.75, 3.05) is 14.2 Å². The highest BCUT2D eigenvalue weighted by Gasteiger charge is 2.12. The Morgan fingerprint density at radius 1 is 1.22 bits per heavy atom. The molecule has 0 aliphatic rings. The van der Waals surface area contributed by atoms with Crippen molar-refractivity contribution in [1.29, 1.82) is 0 Å². The number of aliphatic carboxylic acids is 1. The van der Waals surface area contributed by atoms with Gasteiger partial charge in [-0.3, -0.25) is 4.79 Å². The molecule has 0 fully saturated rings. The number of methoxy groups -OCH3 is 2. The second-order valence-corrected chi connectivity index (χ2v) is 3.89. The van der Waals surface area contributed by atoms with Crippen LogP contribution < -0.4 is 9.47 Å². The molecule has 0 spiro atoms. The van der Waals surface area contributed by atoms with Crippen molar-refractivity contribution in [3.8, 4) is 11.5 Å². The van der Waals surface area contributed by atoms with Gasteiger partial charge >= 0.3 is 5.97 Å². The monoisotopic (exact) mass is 249 g/mol. The van der Waals surface area contributed by atoms with Crippen molar-refractivity contribution < 1.29 is 19.4 Å². The number of fused-ring (bicyclic) bond motifs is 1. The SMILES string of the molecule is COc1ccc(OC)c2c1ccn2CCC(=O)O. The molecule has 96 valence electrons. The smallest absolute Gasteiger partial charge is 0.305 e. The van der Waals surface area contributed by atoms with E-state index in [9.17, 15) is 4.79 Å². The van der Waals surface area contributed by atoms with Crippen LogP contribution in [-0.4, -0.2) is 29.9 Å². The van der Waals surface area contributed by atoms with E-state index < -0.39 is 5.97 Å². The third kappa shape index (κ3) is 2.11. The fraction of sp³-hybridized carbons (Fsp3) is 0.308. The first-order valence-corrected chi connectivity index (χ1v) is 5.59. The number of carboxylic acid groups (broad SMARTS) is 1. The maximum absolute atomic E-state index is 10.6. The third-order valence-electron chi connectivity index (χ3n) is 2.85. The summed E-state index contributed by atoms with van der Waals surface area (Å²) in [5, 5.41) is 9.66.